The van der Waals surface area contributed by atoms with Gasteiger partial charge in [0.15, 0.2) is 5.13 Å². The third-order valence-corrected chi connectivity index (χ3v) is 10.5. The Morgan fingerprint density at radius 3 is 2.49 bits per heavy atom. The molecule has 2 fully saturated rings. The first-order chi connectivity index (χ1) is 18.0. The monoisotopic (exact) mass is 560 g/mol. The third-order valence-electron chi connectivity index (χ3n) is 6.86. The average molecular weight is 561 g/mol. The first-order valence-corrected chi connectivity index (χ1v) is 16.1. The summed E-state index contributed by atoms with van der Waals surface area (Å²) in [6, 6.07) is 12.5. The largest absolute Gasteiger partial charge is 0.379 e. The summed E-state index contributed by atoms with van der Waals surface area (Å²) in [5.41, 5.74) is 1.31. The number of sulfonamides is 1. The summed E-state index contributed by atoms with van der Waals surface area (Å²) in [4.78, 5) is 24.0. The highest BCUT2D eigenvalue weighted by molar-refractivity contribution is 7.98. The summed E-state index contributed by atoms with van der Waals surface area (Å²) in [7, 11) is -3.55. The van der Waals surface area contributed by atoms with E-state index in [1.165, 1.54) is 11.3 Å². The predicted octanol–water partition coefficient (Wildman–Crippen LogP) is 4.17. The Morgan fingerprint density at radius 2 is 1.78 bits per heavy atom. The van der Waals surface area contributed by atoms with Crippen LogP contribution in [-0.2, 0) is 14.8 Å². The van der Waals surface area contributed by atoms with Crippen LogP contribution in [0.25, 0.3) is 10.2 Å². The molecule has 2 aliphatic rings. The van der Waals surface area contributed by atoms with Crippen LogP contribution in [0.4, 0.5) is 5.13 Å². The van der Waals surface area contributed by atoms with Gasteiger partial charge < -0.3 is 4.74 Å². The number of anilines is 1. The molecule has 2 aliphatic heterocycles. The van der Waals surface area contributed by atoms with Crippen LogP contribution in [0.2, 0.25) is 0 Å². The van der Waals surface area contributed by atoms with E-state index in [2.05, 4.69) is 11.0 Å². The van der Waals surface area contributed by atoms with E-state index in [1.54, 1.807) is 45.2 Å². The van der Waals surface area contributed by atoms with Gasteiger partial charge in [0.05, 0.1) is 28.3 Å². The lowest BCUT2D eigenvalue weighted by atomic mass is 10.2. The molecule has 37 heavy (non-hydrogen) atoms. The summed E-state index contributed by atoms with van der Waals surface area (Å²) < 4.78 is 34.2. The number of morpholine rings is 1. The normalized spacial score (nSPS) is 17.8. The Morgan fingerprint density at radius 1 is 1.05 bits per heavy atom. The number of thiazole rings is 1. The van der Waals surface area contributed by atoms with Gasteiger partial charge in [0.25, 0.3) is 5.91 Å². The molecular weight excluding hydrogens is 529 g/mol. The van der Waals surface area contributed by atoms with Gasteiger partial charge in [0, 0.05) is 49.7 Å². The number of carbonyl (C=O) groups excluding carboxylic acids is 1. The zero-order valence-electron chi connectivity index (χ0n) is 21.0. The molecule has 0 saturated carbocycles. The van der Waals surface area contributed by atoms with E-state index < -0.39 is 10.0 Å². The Bertz CT molecular complexity index is 1330. The fraction of sp³-hybridized carbons (Fsp3) is 0.462. The molecule has 0 unspecified atom stereocenters. The van der Waals surface area contributed by atoms with Gasteiger partial charge in [0.2, 0.25) is 10.0 Å². The molecular formula is C26H32N4O4S3. The van der Waals surface area contributed by atoms with Crippen molar-refractivity contribution in [3.63, 3.8) is 0 Å². The zero-order valence-corrected chi connectivity index (χ0v) is 23.4. The van der Waals surface area contributed by atoms with Crippen LogP contribution < -0.4 is 4.90 Å². The molecule has 3 heterocycles. The standard InChI is InChI=1S/C26H32N4O4S3/c1-35-21-7-10-23-24(19-21)36-26(27-23)30(14-13-28-15-17-34-18-16-28)25(31)20-5-8-22(9-6-20)37(32,33)29-11-3-2-4-12-29/h5-10,19H,2-4,11-18H2,1H3. The Balaban J connectivity index is 1.40. The van der Waals surface area contributed by atoms with Crippen LogP contribution in [0.15, 0.2) is 52.3 Å². The summed E-state index contributed by atoms with van der Waals surface area (Å²) in [5, 5.41) is 0.650. The highest BCUT2D eigenvalue weighted by Crippen LogP contribution is 2.32. The number of piperidine rings is 1. The van der Waals surface area contributed by atoms with E-state index in [9.17, 15) is 13.2 Å². The molecule has 5 rings (SSSR count). The van der Waals surface area contributed by atoms with E-state index in [-0.39, 0.29) is 10.8 Å². The molecule has 1 amide bonds. The van der Waals surface area contributed by atoms with E-state index in [4.69, 9.17) is 9.72 Å². The second-order valence-corrected chi connectivity index (χ2v) is 13.1. The molecule has 0 N–H and O–H groups in total. The maximum Gasteiger partial charge on any atom is 0.260 e. The Kier molecular flexibility index (Phi) is 8.47. The van der Waals surface area contributed by atoms with Crippen molar-refractivity contribution >= 4 is 54.4 Å². The van der Waals surface area contributed by atoms with Crippen LogP contribution in [0, 0.1) is 0 Å². The lowest BCUT2D eigenvalue weighted by molar-refractivity contribution is 0.0391. The van der Waals surface area contributed by atoms with Gasteiger partial charge in [-0.15, -0.1) is 11.8 Å². The summed E-state index contributed by atoms with van der Waals surface area (Å²) >= 11 is 3.18. The van der Waals surface area contributed by atoms with Gasteiger partial charge in [-0.1, -0.05) is 17.8 Å². The van der Waals surface area contributed by atoms with Crippen LogP contribution in [0.3, 0.4) is 0 Å². The molecule has 2 saturated heterocycles. The number of fused-ring (bicyclic) bond motifs is 1. The van der Waals surface area contributed by atoms with Gasteiger partial charge in [0.1, 0.15) is 0 Å². The number of amides is 1. The molecule has 0 bridgehead atoms. The minimum absolute atomic E-state index is 0.181. The number of nitrogens with zero attached hydrogens (tertiary/aromatic N) is 4. The molecule has 8 nitrogen and oxygen atoms in total. The second-order valence-electron chi connectivity index (χ2n) is 9.23. The fourth-order valence-electron chi connectivity index (χ4n) is 4.67. The van der Waals surface area contributed by atoms with Crippen LogP contribution in [0.1, 0.15) is 29.6 Å². The lowest BCUT2D eigenvalue weighted by Gasteiger charge is -2.29. The summed E-state index contributed by atoms with van der Waals surface area (Å²) in [6.45, 7) is 5.36. The number of thioether (sulfide) groups is 1. The number of ether oxygens (including phenoxy) is 1. The van der Waals surface area contributed by atoms with E-state index >= 15 is 0 Å². The van der Waals surface area contributed by atoms with Crippen molar-refractivity contribution in [2.45, 2.75) is 29.1 Å². The third kappa shape index (κ3) is 6.02. The van der Waals surface area contributed by atoms with Crippen LogP contribution >= 0.6 is 23.1 Å². The Hall–Kier alpha value is -2.02. The minimum atomic E-state index is -3.55. The first-order valence-electron chi connectivity index (χ1n) is 12.6. The lowest BCUT2D eigenvalue weighted by Crippen LogP contribution is -2.43. The van der Waals surface area contributed by atoms with Crippen molar-refractivity contribution in [3.8, 4) is 0 Å². The van der Waals surface area contributed by atoms with Crippen molar-refractivity contribution in [1.82, 2.24) is 14.2 Å². The molecule has 11 heteroatoms. The van der Waals surface area contributed by atoms with Crippen molar-refractivity contribution < 1.29 is 17.9 Å². The van der Waals surface area contributed by atoms with Crippen molar-refractivity contribution in [2.24, 2.45) is 0 Å². The number of hydrogen-bond donors (Lipinski definition) is 0. The highest BCUT2D eigenvalue weighted by Gasteiger charge is 2.27. The predicted molar refractivity (Wildman–Crippen MR) is 149 cm³/mol. The molecule has 3 aromatic rings. The SMILES string of the molecule is CSc1ccc2nc(N(CCN3CCOCC3)C(=O)c3ccc(S(=O)(=O)N4CCCCC4)cc3)sc2c1. The number of hydrogen-bond acceptors (Lipinski definition) is 8. The average Bonchev–Trinajstić information content (AvgIpc) is 3.37. The molecule has 1 aromatic heterocycles. The van der Waals surface area contributed by atoms with Crippen LogP contribution in [-0.4, -0.2) is 87.3 Å². The summed E-state index contributed by atoms with van der Waals surface area (Å²) in [6.07, 6.45) is 4.86. The molecule has 0 aliphatic carbocycles. The smallest absolute Gasteiger partial charge is 0.260 e. The maximum atomic E-state index is 13.8. The van der Waals surface area contributed by atoms with Crippen molar-refractivity contribution in [3.05, 3.63) is 48.0 Å². The molecule has 2 aromatic carbocycles. The first kappa shape index (κ1) is 26.6. The fourth-order valence-corrected chi connectivity index (χ4v) is 7.73. The van der Waals surface area contributed by atoms with Crippen molar-refractivity contribution in [2.75, 3.05) is 63.6 Å². The topological polar surface area (TPSA) is 83.0 Å². The molecule has 198 valence electrons. The van der Waals surface area contributed by atoms with Gasteiger partial charge in [-0.05, 0) is 61.6 Å². The quantitative estimate of drug-likeness (QED) is 0.383. The van der Waals surface area contributed by atoms with Crippen LogP contribution in [0.5, 0.6) is 0 Å². The second kappa shape index (κ2) is 11.8. The number of rotatable bonds is 8. The van der Waals surface area contributed by atoms with Gasteiger partial charge in [-0.2, -0.15) is 4.31 Å². The molecule has 0 spiro atoms. The molecule has 0 radical (unpaired) electrons. The number of benzene rings is 2. The van der Waals surface area contributed by atoms with Gasteiger partial charge in [-0.25, -0.2) is 13.4 Å². The van der Waals surface area contributed by atoms with E-state index in [1.807, 2.05) is 18.4 Å². The Labute approximate surface area is 226 Å². The maximum absolute atomic E-state index is 13.8. The van der Waals surface area contributed by atoms with E-state index in [0.717, 1.165) is 47.5 Å². The van der Waals surface area contributed by atoms with Crippen molar-refractivity contribution in [1.29, 1.82) is 0 Å². The van der Waals surface area contributed by atoms with Gasteiger partial charge in [-0.3, -0.25) is 14.6 Å². The number of aromatic nitrogens is 1. The summed E-state index contributed by atoms with van der Waals surface area (Å²) in [5.74, 6) is -0.181. The highest BCUT2D eigenvalue weighted by atomic mass is 32.2. The van der Waals surface area contributed by atoms with Gasteiger partial charge >= 0.3 is 0 Å². The van der Waals surface area contributed by atoms with E-state index in [0.29, 0.717) is 50.1 Å². The molecule has 0 atom stereocenters. The number of carbonyl (C=O) groups is 1. The zero-order chi connectivity index (χ0) is 25.8. The minimum Gasteiger partial charge on any atom is -0.379 e.